The maximum Gasteiger partial charge on any atom is 0.288 e. The Morgan fingerprint density at radius 2 is 2.24 bits per heavy atom. The number of H-pyrrole nitrogens is 1. The molecule has 90 valence electrons. The Labute approximate surface area is 97.2 Å². The van der Waals surface area contributed by atoms with Crippen LogP contribution in [0.2, 0.25) is 0 Å². The Morgan fingerprint density at radius 1 is 1.35 bits per heavy atom. The number of aromatic nitrogens is 2. The number of benzene rings is 1. The minimum absolute atomic E-state index is 0.0497. The van der Waals surface area contributed by atoms with Crippen LogP contribution >= 0.6 is 0 Å². The monoisotopic (exact) mass is 237 g/mol. The molecule has 2 N–H and O–H groups in total. The van der Waals surface area contributed by atoms with E-state index < -0.39 is 12.0 Å². The highest BCUT2D eigenvalue weighted by atomic mass is 19.3. The van der Waals surface area contributed by atoms with Gasteiger partial charge in [0.15, 0.2) is 0 Å². The average molecular weight is 237 g/mol. The average Bonchev–Trinajstić information content (AvgIpc) is 2.99. The maximum absolute atomic E-state index is 14.2. The van der Waals surface area contributed by atoms with Gasteiger partial charge in [0.2, 0.25) is 0 Å². The van der Waals surface area contributed by atoms with E-state index in [0.29, 0.717) is 24.0 Å². The summed E-state index contributed by atoms with van der Waals surface area (Å²) in [6, 6.07) is 3.83. The highest BCUT2D eigenvalue weighted by Crippen LogP contribution is 2.36. The summed E-state index contributed by atoms with van der Waals surface area (Å²) in [5, 5.41) is 2.86. The summed E-state index contributed by atoms with van der Waals surface area (Å²) in [5.74, 6) is -2.82. The number of hydrogen-bond acceptors (Lipinski definition) is 2. The second kappa shape index (κ2) is 3.77. The molecule has 2 aromatic rings. The van der Waals surface area contributed by atoms with Crippen LogP contribution < -0.4 is 5.32 Å². The Kier molecular flexibility index (Phi) is 2.36. The van der Waals surface area contributed by atoms with E-state index in [-0.39, 0.29) is 5.56 Å². The summed E-state index contributed by atoms with van der Waals surface area (Å²) in [7, 11) is 0. The van der Waals surface area contributed by atoms with Crippen LogP contribution in [0.25, 0.3) is 11.0 Å². The molecule has 0 radical (unpaired) electrons. The second-order valence-corrected chi connectivity index (χ2v) is 4.41. The van der Waals surface area contributed by atoms with Crippen molar-refractivity contribution in [1.29, 1.82) is 0 Å². The summed E-state index contributed by atoms with van der Waals surface area (Å²) < 4.78 is 28.4. The first-order valence-electron chi connectivity index (χ1n) is 5.73. The summed E-state index contributed by atoms with van der Waals surface area (Å²) >= 11 is 0. The molecule has 1 fully saturated rings. The molecular weight excluding hydrogens is 224 g/mol. The van der Waals surface area contributed by atoms with E-state index >= 15 is 0 Å². The zero-order valence-corrected chi connectivity index (χ0v) is 9.21. The Morgan fingerprint density at radius 3 is 3.00 bits per heavy atom. The lowest BCUT2D eigenvalue weighted by Crippen LogP contribution is -2.38. The van der Waals surface area contributed by atoms with E-state index in [2.05, 4.69) is 15.3 Å². The van der Waals surface area contributed by atoms with Gasteiger partial charge >= 0.3 is 0 Å². The van der Waals surface area contributed by atoms with Gasteiger partial charge in [0, 0.05) is 5.56 Å². The van der Waals surface area contributed by atoms with Crippen LogP contribution in [0.1, 0.15) is 18.4 Å². The predicted octanol–water partition coefficient (Wildman–Crippen LogP) is 2.41. The molecule has 1 aromatic heterocycles. The number of rotatable bonds is 2. The zero-order chi connectivity index (χ0) is 11.9. The third-order valence-electron chi connectivity index (χ3n) is 3.30. The molecule has 0 spiro atoms. The van der Waals surface area contributed by atoms with Gasteiger partial charge in [0.25, 0.3) is 5.92 Å². The largest absolute Gasteiger partial charge is 0.345 e. The highest BCUT2D eigenvalue weighted by molar-refractivity contribution is 5.75. The first kappa shape index (κ1) is 10.7. The van der Waals surface area contributed by atoms with E-state index in [1.807, 2.05) is 0 Å². The Hall–Kier alpha value is -1.49. The molecule has 0 saturated carbocycles. The normalized spacial score (nSPS) is 21.2. The molecule has 5 heteroatoms. The molecule has 0 bridgehead atoms. The standard InChI is InChI=1S/C12H13F2N3/c13-12(14,11-2-1-5-15-11)8-3-4-9-10(6-8)17-7-16-9/h3-4,6-7,11,15H,1-2,5H2,(H,16,17). The fourth-order valence-electron chi connectivity index (χ4n) is 2.34. The van der Waals surface area contributed by atoms with Crippen LogP contribution in [0.15, 0.2) is 24.5 Å². The van der Waals surface area contributed by atoms with Crippen molar-refractivity contribution < 1.29 is 8.78 Å². The number of nitrogens with one attached hydrogen (secondary N) is 2. The molecule has 1 aromatic carbocycles. The van der Waals surface area contributed by atoms with Gasteiger partial charge < -0.3 is 10.3 Å². The van der Waals surface area contributed by atoms with Gasteiger partial charge in [-0.05, 0) is 31.5 Å². The van der Waals surface area contributed by atoms with Gasteiger partial charge in [-0.15, -0.1) is 0 Å². The number of halogens is 2. The van der Waals surface area contributed by atoms with Gasteiger partial charge in [0.05, 0.1) is 23.4 Å². The minimum Gasteiger partial charge on any atom is -0.345 e. The number of nitrogens with zero attached hydrogens (tertiary/aromatic N) is 1. The van der Waals surface area contributed by atoms with E-state index in [4.69, 9.17) is 0 Å². The SMILES string of the molecule is FC(F)(c1ccc2nc[nH]c2c1)C1CCCN1. The molecule has 0 amide bonds. The summed E-state index contributed by atoms with van der Waals surface area (Å²) in [4.78, 5) is 6.88. The number of imidazole rings is 1. The summed E-state index contributed by atoms with van der Waals surface area (Å²) in [6.45, 7) is 0.673. The van der Waals surface area contributed by atoms with Crippen LogP contribution in [0.5, 0.6) is 0 Å². The highest BCUT2D eigenvalue weighted by Gasteiger charge is 2.42. The van der Waals surface area contributed by atoms with E-state index in [9.17, 15) is 8.78 Å². The molecule has 3 rings (SSSR count). The molecule has 1 atom stereocenters. The summed E-state index contributed by atoms with van der Waals surface area (Å²) in [5.41, 5.74) is 1.41. The number of alkyl halides is 2. The molecule has 2 heterocycles. The van der Waals surface area contributed by atoms with Crippen molar-refractivity contribution >= 4 is 11.0 Å². The molecule has 0 aliphatic carbocycles. The maximum atomic E-state index is 14.2. The lowest BCUT2D eigenvalue weighted by atomic mass is 9.99. The Bertz CT molecular complexity index is 529. The third-order valence-corrected chi connectivity index (χ3v) is 3.30. The number of hydrogen-bond donors (Lipinski definition) is 2. The molecule has 1 aliphatic heterocycles. The van der Waals surface area contributed by atoms with Crippen molar-refractivity contribution in [3.63, 3.8) is 0 Å². The van der Waals surface area contributed by atoms with Gasteiger partial charge in [-0.1, -0.05) is 6.07 Å². The topological polar surface area (TPSA) is 40.7 Å². The lowest BCUT2D eigenvalue weighted by molar-refractivity contribution is -0.0375. The van der Waals surface area contributed by atoms with E-state index in [1.165, 1.54) is 18.5 Å². The number of fused-ring (bicyclic) bond motifs is 1. The first-order valence-corrected chi connectivity index (χ1v) is 5.73. The minimum atomic E-state index is -2.82. The van der Waals surface area contributed by atoms with E-state index in [1.54, 1.807) is 6.07 Å². The van der Waals surface area contributed by atoms with Crippen molar-refractivity contribution in [2.24, 2.45) is 0 Å². The van der Waals surface area contributed by atoms with Crippen molar-refractivity contribution in [2.75, 3.05) is 6.54 Å². The van der Waals surface area contributed by atoms with Gasteiger partial charge in [-0.2, -0.15) is 8.78 Å². The summed E-state index contributed by atoms with van der Waals surface area (Å²) in [6.07, 6.45) is 2.85. The zero-order valence-electron chi connectivity index (χ0n) is 9.21. The van der Waals surface area contributed by atoms with Crippen molar-refractivity contribution in [2.45, 2.75) is 24.8 Å². The first-order chi connectivity index (χ1) is 8.18. The number of aromatic amines is 1. The Balaban J connectivity index is 2.00. The fraction of sp³-hybridized carbons (Fsp3) is 0.417. The molecular formula is C12H13F2N3. The molecule has 1 unspecified atom stereocenters. The van der Waals surface area contributed by atoms with Crippen LogP contribution in [0.3, 0.4) is 0 Å². The predicted molar refractivity (Wildman–Crippen MR) is 61.0 cm³/mol. The van der Waals surface area contributed by atoms with Crippen LogP contribution in [0, 0.1) is 0 Å². The molecule has 17 heavy (non-hydrogen) atoms. The molecule has 1 aliphatic rings. The fourth-order valence-corrected chi connectivity index (χ4v) is 2.34. The smallest absolute Gasteiger partial charge is 0.288 e. The van der Waals surface area contributed by atoms with E-state index in [0.717, 1.165) is 6.42 Å². The molecule has 3 nitrogen and oxygen atoms in total. The lowest BCUT2D eigenvalue weighted by Gasteiger charge is -2.23. The van der Waals surface area contributed by atoms with Crippen LogP contribution in [-0.4, -0.2) is 22.6 Å². The second-order valence-electron chi connectivity index (χ2n) is 4.41. The van der Waals surface area contributed by atoms with Crippen molar-refractivity contribution in [3.8, 4) is 0 Å². The quantitative estimate of drug-likeness (QED) is 0.842. The van der Waals surface area contributed by atoms with Gasteiger partial charge in [0.1, 0.15) is 0 Å². The van der Waals surface area contributed by atoms with Gasteiger partial charge in [-0.3, -0.25) is 0 Å². The van der Waals surface area contributed by atoms with Crippen molar-refractivity contribution in [1.82, 2.24) is 15.3 Å². The van der Waals surface area contributed by atoms with Crippen LogP contribution in [-0.2, 0) is 5.92 Å². The van der Waals surface area contributed by atoms with Crippen LogP contribution in [0.4, 0.5) is 8.78 Å². The van der Waals surface area contributed by atoms with Gasteiger partial charge in [-0.25, -0.2) is 4.98 Å². The van der Waals surface area contributed by atoms with Crippen molar-refractivity contribution in [3.05, 3.63) is 30.1 Å². The molecule has 1 saturated heterocycles. The third kappa shape index (κ3) is 1.70.